The first-order valence-corrected chi connectivity index (χ1v) is 8.87. The van der Waals surface area contributed by atoms with Gasteiger partial charge in [0.2, 0.25) is 5.91 Å². The second-order valence-corrected chi connectivity index (χ2v) is 6.33. The van der Waals surface area contributed by atoms with Gasteiger partial charge in [-0.2, -0.15) is 0 Å². The number of hydrogen-bond acceptors (Lipinski definition) is 4. The minimum atomic E-state index is 0.0375. The second-order valence-electron chi connectivity index (χ2n) is 5.45. The number of nitrogens with zero attached hydrogens (tertiary/aromatic N) is 1. The summed E-state index contributed by atoms with van der Waals surface area (Å²) in [5, 5.41) is 0. The molecule has 0 spiro atoms. The molecule has 24 heavy (non-hydrogen) atoms. The summed E-state index contributed by atoms with van der Waals surface area (Å²) in [7, 11) is 5.03. The van der Waals surface area contributed by atoms with Gasteiger partial charge < -0.3 is 14.4 Å². The summed E-state index contributed by atoms with van der Waals surface area (Å²) in [5.74, 6) is 1.45. The Morgan fingerprint density at radius 2 is 1.79 bits per heavy atom. The van der Waals surface area contributed by atoms with E-state index in [0.29, 0.717) is 18.0 Å². The van der Waals surface area contributed by atoms with Crippen LogP contribution in [0.2, 0.25) is 0 Å². The summed E-state index contributed by atoms with van der Waals surface area (Å²) < 4.78 is 10.6. The van der Waals surface area contributed by atoms with Crippen molar-refractivity contribution in [1.29, 1.82) is 0 Å². The van der Waals surface area contributed by atoms with Crippen molar-refractivity contribution in [2.75, 3.05) is 27.5 Å². The third kappa shape index (κ3) is 4.68. The average Bonchev–Trinajstić information content (AvgIpc) is 2.62. The van der Waals surface area contributed by atoms with Crippen molar-refractivity contribution < 1.29 is 14.3 Å². The van der Waals surface area contributed by atoms with Crippen molar-refractivity contribution >= 4 is 17.7 Å². The third-order valence-corrected chi connectivity index (χ3v) is 4.58. The summed E-state index contributed by atoms with van der Waals surface area (Å²) in [5.41, 5.74) is 1.94. The molecule has 0 heterocycles. The van der Waals surface area contributed by atoms with Gasteiger partial charge in [0.25, 0.3) is 0 Å². The Kier molecular flexibility index (Phi) is 6.55. The lowest BCUT2D eigenvalue weighted by molar-refractivity contribution is -0.129. The molecule has 0 saturated carbocycles. The normalized spacial score (nSPS) is 10.3. The van der Waals surface area contributed by atoms with E-state index in [2.05, 4.69) is 24.3 Å². The Balaban J connectivity index is 2.05. The average molecular weight is 345 g/mol. The Morgan fingerprint density at radius 1 is 1.08 bits per heavy atom. The molecule has 128 valence electrons. The van der Waals surface area contributed by atoms with Gasteiger partial charge in [0.05, 0.1) is 20.6 Å². The van der Waals surface area contributed by atoms with Crippen LogP contribution >= 0.6 is 11.8 Å². The molecule has 0 bridgehead atoms. The van der Waals surface area contributed by atoms with Crippen molar-refractivity contribution in [2.45, 2.75) is 17.9 Å². The van der Waals surface area contributed by atoms with Crippen LogP contribution in [0, 0.1) is 0 Å². The quantitative estimate of drug-likeness (QED) is 0.719. The first-order chi connectivity index (χ1) is 11.6. The van der Waals surface area contributed by atoms with Crippen LogP contribution < -0.4 is 9.47 Å². The molecular weight excluding hydrogens is 322 g/mol. The van der Waals surface area contributed by atoms with Gasteiger partial charge in [-0.3, -0.25) is 4.79 Å². The second kappa shape index (κ2) is 8.64. The van der Waals surface area contributed by atoms with Gasteiger partial charge in [-0.05, 0) is 42.2 Å². The van der Waals surface area contributed by atoms with E-state index < -0.39 is 0 Å². The lowest BCUT2D eigenvalue weighted by Crippen LogP contribution is -2.27. The number of carbonyl (C=O) groups is 1. The number of thioether (sulfide) groups is 1. The molecule has 4 nitrogen and oxygen atoms in total. The monoisotopic (exact) mass is 345 g/mol. The van der Waals surface area contributed by atoms with Gasteiger partial charge in [0.15, 0.2) is 0 Å². The molecule has 0 radical (unpaired) electrons. The van der Waals surface area contributed by atoms with E-state index in [1.807, 2.05) is 31.5 Å². The number of methoxy groups -OCH3 is 2. The van der Waals surface area contributed by atoms with Gasteiger partial charge in [-0.25, -0.2) is 0 Å². The molecule has 2 aromatic rings. The maximum atomic E-state index is 12.5. The van der Waals surface area contributed by atoms with Crippen LogP contribution in [0.1, 0.15) is 11.1 Å². The predicted octanol–water partition coefficient (Wildman–Crippen LogP) is 3.63. The Hall–Kier alpha value is -2.14. The van der Waals surface area contributed by atoms with Crippen LogP contribution in [0.3, 0.4) is 0 Å². The number of rotatable bonds is 7. The number of hydrogen-bond donors (Lipinski definition) is 0. The fourth-order valence-corrected chi connectivity index (χ4v) is 2.82. The molecule has 0 N–H and O–H groups in total. The summed E-state index contributed by atoms with van der Waals surface area (Å²) in [4.78, 5) is 15.5. The number of ether oxygens (including phenoxy) is 2. The number of benzene rings is 2. The molecule has 2 aromatic carbocycles. The summed E-state index contributed by atoms with van der Waals surface area (Å²) >= 11 is 1.71. The molecule has 0 saturated heterocycles. The van der Waals surface area contributed by atoms with E-state index in [1.165, 1.54) is 4.90 Å². The minimum Gasteiger partial charge on any atom is -0.497 e. The zero-order valence-electron chi connectivity index (χ0n) is 14.5. The van der Waals surface area contributed by atoms with Crippen molar-refractivity contribution in [3.63, 3.8) is 0 Å². The third-order valence-electron chi connectivity index (χ3n) is 3.83. The van der Waals surface area contributed by atoms with E-state index in [1.54, 1.807) is 30.9 Å². The molecule has 0 aliphatic carbocycles. The van der Waals surface area contributed by atoms with Crippen LogP contribution in [-0.2, 0) is 17.8 Å². The summed E-state index contributed by atoms with van der Waals surface area (Å²) in [6.45, 7) is 0.583. The highest BCUT2D eigenvalue weighted by Crippen LogP contribution is 2.25. The topological polar surface area (TPSA) is 38.8 Å². The smallest absolute Gasteiger partial charge is 0.227 e. The van der Waals surface area contributed by atoms with E-state index in [4.69, 9.17) is 9.47 Å². The maximum Gasteiger partial charge on any atom is 0.227 e. The Morgan fingerprint density at radius 3 is 2.38 bits per heavy atom. The molecule has 0 aliphatic heterocycles. The summed E-state index contributed by atoms with van der Waals surface area (Å²) in [6, 6.07) is 13.8. The molecule has 0 aliphatic rings. The fraction of sp³-hybridized carbons (Fsp3) is 0.316. The first-order valence-electron chi connectivity index (χ1n) is 7.65. The molecule has 1 amide bonds. The van der Waals surface area contributed by atoms with E-state index in [0.717, 1.165) is 11.1 Å². The van der Waals surface area contributed by atoms with Crippen LogP contribution in [0.25, 0.3) is 0 Å². The molecule has 0 atom stereocenters. The standard InChI is InChI=1S/C19H23NO3S/c1-20(13-14-5-8-17(24-4)9-6-14)19(21)12-15-11-16(22-2)7-10-18(15)23-3/h5-11H,12-13H2,1-4H3. The minimum absolute atomic E-state index is 0.0375. The highest BCUT2D eigenvalue weighted by molar-refractivity contribution is 7.98. The largest absolute Gasteiger partial charge is 0.497 e. The van der Waals surface area contributed by atoms with E-state index in [9.17, 15) is 4.79 Å². The Bertz CT molecular complexity index is 686. The van der Waals surface area contributed by atoms with Gasteiger partial charge in [0, 0.05) is 24.1 Å². The van der Waals surface area contributed by atoms with Gasteiger partial charge >= 0.3 is 0 Å². The van der Waals surface area contributed by atoms with Crippen molar-refractivity contribution in [3.8, 4) is 11.5 Å². The van der Waals surface area contributed by atoms with Crippen LogP contribution in [0.5, 0.6) is 11.5 Å². The van der Waals surface area contributed by atoms with Crippen molar-refractivity contribution in [2.24, 2.45) is 0 Å². The number of likely N-dealkylation sites (N-methyl/N-ethyl adjacent to an activating group) is 1. The van der Waals surface area contributed by atoms with Crippen LogP contribution in [-0.4, -0.2) is 38.3 Å². The zero-order chi connectivity index (χ0) is 17.5. The molecule has 0 unspecified atom stereocenters. The van der Waals surface area contributed by atoms with E-state index in [-0.39, 0.29) is 12.3 Å². The van der Waals surface area contributed by atoms with Crippen LogP contribution in [0.4, 0.5) is 0 Å². The number of carbonyl (C=O) groups excluding carboxylic acids is 1. The van der Waals surface area contributed by atoms with Gasteiger partial charge in [-0.15, -0.1) is 11.8 Å². The van der Waals surface area contributed by atoms with Gasteiger partial charge in [-0.1, -0.05) is 12.1 Å². The molecule has 2 rings (SSSR count). The van der Waals surface area contributed by atoms with Crippen molar-refractivity contribution in [1.82, 2.24) is 4.90 Å². The number of amides is 1. The molecule has 5 heteroatoms. The van der Waals surface area contributed by atoms with E-state index >= 15 is 0 Å². The Labute approximate surface area is 147 Å². The molecular formula is C19H23NO3S. The molecule has 0 fully saturated rings. The lowest BCUT2D eigenvalue weighted by atomic mass is 10.1. The lowest BCUT2D eigenvalue weighted by Gasteiger charge is -2.18. The fourth-order valence-electron chi connectivity index (χ4n) is 2.41. The predicted molar refractivity (Wildman–Crippen MR) is 97.9 cm³/mol. The van der Waals surface area contributed by atoms with Gasteiger partial charge in [0.1, 0.15) is 11.5 Å². The van der Waals surface area contributed by atoms with Crippen molar-refractivity contribution in [3.05, 3.63) is 53.6 Å². The highest BCUT2D eigenvalue weighted by Gasteiger charge is 2.14. The highest BCUT2D eigenvalue weighted by atomic mass is 32.2. The molecule has 0 aromatic heterocycles. The zero-order valence-corrected chi connectivity index (χ0v) is 15.4. The SMILES string of the molecule is COc1ccc(OC)c(CC(=O)N(C)Cc2ccc(SC)cc2)c1. The first kappa shape index (κ1) is 18.2. The summed E-state index contributed by atoms with van der Waals surface area (Å²) in [6.07, 6.45) is 2.33. The maximum absolute atomic E-state index is 12.5. The van der Waals surface area contributed by atoms with Crippen LogP contribution in [0.15, 0.2) is 47.4 Å².